The predicted molar refractivity (Wildman–Crippen MR) is 97.7 cm³/mol. The van der Waals surface area contributed by atoms with Gasteiger partial charge in [-0.25, -0.2) is 0 Å². The van der Waals surface area contributed by atoms with Gasteiger partial charge in [-0.15, -0.1) is 0 Å². The maximum absolute atomic E-state index is 11.8. The molecule has 1 atom stereocenters. The SMILES string of the molecule is CC(CNCc1cccc(CN2CCCC2=O)c1)c1ccccc1. The molecular weight excluding hydrogens is 296 g/mol. The summed E-state index contributed by atoms with van der Waals surface area (Å²) in [5.74, 6) is 0.784. The quantitative estimate of drug-likeness (QED) is 0.843. The van der Waals surface area contributed by atoms with Crippen LogP contribution in [0.3, 0.4) is 0 Å². The van der Waals surface area contributed by atoms with Crippen molar-refractivity contribution in [1.82, 2.24) is 10.2 Å². The summed E-state index contributed by atoms with van der Waals surface area (Å²) in [4.78, 5) is 13.7. The first-order chi connectivity index (χ1) is 11.7. The van der Waals surface area contributed by atoms with Crippen LogP contribution in [-0.4, -0.2) is 23.9 Å². The second-order valence-electron chi connectivity index (χ2n) is 6.68. The third-order valence-electron chi connectivity index (χ3n) is 4.68. The molecule has 24 heavy (non-hydrogen) atoms. The molecule has 1 unspecified atom stereocenters. The van der Waals surface area contributed by atoms with Crippen molar-refractivity contribution < 1.29 is 4.79 Å². The molecule has 0 bridgehead atoms. The van der Waals surface area contributed by atoms with Gasteiger partial charge in [0.25, 0.3) is 0 Å². The minimum absolute atomic E-state index is 0.287. The van der Waals surface area contributed by atoms with Crippen molar-refractivity contribution in [3.63, 3.8) is 0 Å². The molecule has 1 amide bonds. The van der Waals surface area contributed by atoms with E-state index in [0.29, 0.717) is 12.3 Å². The molecule has 1 aliphatic heterocycles. The van der Waals surface area contributed by atoms with E-state index in [0.717, 1.165) is 32.6 Å². The Balaban J connectivity index is 1.50. The molecule has 1 saturated heterocycles. The average molecular weight is 322 g/mol. The van der Waals surface area contributed by atoms with E-state index < -0.39 is 0 Å². The van der Waals surface area contributed by atoms with Crippen molar-refractivity contribution in [2.75, 3.05) is 13.1 Å². The minimum atomic E-state index is 0.287. The molecule has 0 radical (unpaired) electrons. The Morgan fingerprint density at radius 2 is 1.88 bits per heavy atom. The number of carbonyl (C=O) groups is 1. The Kier molecular flexibility index (Phi) is 5.65. The summed E-state index contributed by atoms with van der Waals surface area (Å²) in [6.45, 7) is 5.71. The van der Waals surface area contributed by atoms with E-state index in [2.05, 4.69) is 66.8 Å². The number of carbonyl (C=O) groups excluding carboxylic acids is 1. The van der Waals surface area contributed by atoms with Gasteiger partial charge in [0.1, 0.15) is 0 Å². The predicted octanol–water partition coefficient (Wildman–Crippen LogP) is 3.70. The van der Waals surface area contributed by atoms with Crippen LogP contribution in [0.5, 0.6) is 0 Å². The van der Waals surface area contributed by atoms with Crippen molar-refractivity contribution in [3.05, 3.63) is 71.3 Å². The summed E-state index contributed by atoms with van der Waals surface area (Å²) in [7, 11) is 0. The fraction of sp³-hybridized carbons (Fsp3) is 0.381. The van der Waals surface area contributed by atoms with E-state index in [1.54, 1.807) is 0 Å². The molecule has 2 aromatic carbocycles. The molecule has 126 valence electrons. The van der Waals surface area contributed by atoms with Gasteiger partial charge < -0.3 is 10.2 Å². The molecule has 1 fully saturated rings. The Labute approximate surface area is 144 Å². The standard InChI is InChI=1S/C21H26N2O/c1-17(20-9-3-2-4-10-20)14-22-15-18-7-5-8-19(13-18)16-23-12-6-11-21(23)24/h2-5,7-10,13,17,22H,6,11-12,14-16H2,1H3. The largest absolute Gasteiger partial charge is 0.338 e. The zero-order valence-corrected chi connectivity index (χ0v) is 14.4. The fourth-order valence-electron chi connectivity index (χ4n) is 3.26. The van der Waals surface area contributed by atoms with Crippen LogP contribution in [-0.2, 0) is 17.9 Å². The van der Waals surface area contributed by atoms with Gasteiger partial charge in [0.2, 0.25) is 5.91 Å². The zero-order valence-electron chi connectivity index (χ0n) is 14.4. The number of benzene rings is 2. The zero-order chi connectivity index (χ0) is 16.8. The second kappa shape index (κ2) is 8.11. The maximum Gasteiger partial charge on any atom is 0.222 e. The first-order valence-electron chi connectivity index (χ1n) is 8.83. The lowest BCUT2D eigenvalue weighted by atomic mass is 10.0. The summed E-state index contributed by atoms with van der Waals surface area (Å²) >= 11 is 0. The van der Waals surface area contributed by atoms with Gasteiger partial charge in [0.15, 0.2) is 0 Å². The maximum atomic E-state index is 11.8. The second-order valence-corrected chi connectivity index (χ2v) is 6.68. The molecule has 0 aromatic heterocycles. The first kappa shape index (κ1) is 16.7. The van der Waals surface area contributed by atoms with Crippen molar-refractivity contribution in [2.24, 2.45) is 0 Å². The molecule has 3 nitrogen and oxygen atoms in total. The smallest absolute Gasteiger partial charge is 0.222 e. The molecule has 0 aliphatic carbocycles. The van der Waals surface area contributed by atoms with Gasteiger partial charge in [-0.1, -0.05) is 61.5 Å². The number of likely N-dealkylation sites (tertiary alicyclic amines) is 1. The Hall–Kier alpha value is -2.13. The number of rotatable bonds is 7. The lowest BCUT2D eigenvalue weighted by Crippen LogP contribution is -2.24. The molecule has 3 rings (SSSR count). The molecule has 1 heterocycles. The van der Waals surface area contributed by atoms with Crippen LogP contribution in [0.1, 0.15) is 42.4 Å². The topological polar surface area (TPSA) is 32.3 Å². The fourth-order valence-corrected chi connectivity index (χ4v) is 3.26. The highest BCUT2D eigenvalue weighted by Gasteiger charge is 2.19. The lowest BCUT2D eigenvalue weighted by molar-refractivity contribution is -0.128. The summed E-state index contributed by atoms with van der Waals surface area (Å²) in [6, 6.07) is 19.2. The van der Waals surface area contributed by atoms with Gasteiger partial charge in [0, 0.05) is 32.6 Å². The number of hydrogen-bond acceptors (Lipinski definition) is 2. The van der Waals surface area contributed by atoms with E-state index in [4.69, 9.17) is 0 Å². The monoisotopic (exact) mass is 322 g/mol. The van der Waals surface area contributed by atoms with Crippen LogP contribution in [0.2, 0.25) is 0 Å². The number of nitrogens with one attached hydrogen (secondary N) is 1. The van der Waals surface area contributed by atoms with Gasteiger partial charge in [-0.2, -0.15) is 0 Å². The third kappa shape index (κ3) is 4.45. The van der Waals surface area contributed by atoms with E-state index in [1.165, 1.54) is 16.7 Å². The first-order valence-corrected chi connectivity index (χ1v) is 8.83. The summed E-state index contributed by atoms with van der Waals surface area (Å²) in [6.07, 6.45) is 1.70. The van der Waals surface area contributed by atoms with Gasteiger partial charge in [-0.05, 0) is 29.0 Å². The summed E-state index contributed by atoms with van der Waals surface area (Å²) < 4.78 is 0. The highest BCUT2D eigenvalue weighted by molar-refractivity contribution is 5.78. The Morgan fingerprint density at radius 1 is 1.08 bits per heavy atom. The summed E-state index contributed by atoms with van der Waals surface area (Å²) in [5.41, 5.74) is 3.87. The van der Waals surface area contributed by atoms with Crippen molar-refractivity contribution in [2.45, 2.75) is 38.8 Å². The van der Waals surface area contributed by atoms with Crippen LogP contribution in [0.4, 0.5) is 0 Å². The highest BCUT2D eigenvalue weighted by Crippen LogP contribution is 2.16. The molecule has 1 N–H and O–H groups in total. The number of hydrogen-bond donors (Lipinski definition) is 1. The average Bonchev–Trinajstić information content (AvgIpc) is 3.01. The normalized spacial score (nSPS) is 15.7. The van der Waals surface area contributed by atoms with E-state index in [-0.39, 0.29) is 5.91 Å². The van der Waals surface area contributed by atoms with Crippen LogP contribution in [0.25, 0.3) is 0 Å². The van der Waals surface area contributed by atoms with Crippen molar-refractivity contribution in [1.29, 1.82) is 0 Å². The summed E-state index contributed by atoms with van der Waals surface area (Å²) in [5, 5.41) is 3.55. The number of amides is 1. The Bertz CT molecular complexity index is 669. The van der Waals surface area contributed by atoms with Gasteiger partial charge in [0.05, 0.1) is 0 Å². The van der Waals surface area contributed by atoms with Crippen molar-refractivity contribution >= 4 is 5.91 Å². The number of nitrogens with zero attached hydrogens (tertiary/aromatic N) is 1. The van der Waals surface area contributed by atoms with Gasteiger partial charge >= 0.3 is 0 Å². The molecule has 2 aromatic rings. The van der Waals surface area contributed by atoms with E-state index in [1.807, 2.05) is 4.90 Å². The molecular formula is C21H26N2O. The third-order valence-corrected chi connectivity index (χ3v) is 4.68. The molecule has 0 saturated carbocycles. The minimum Gasteiger partial charge on any atom is -0.338 e. The lowest BCUT2D eigenvalue weighted by Gasteiger charge is -2.16. The van der Waals surface area contributed by atoms with Crippen LogP contribution in [0.15, 0.2) is 54.6 Å². The molecule has 1 aliphatic rings. The Morgan fingerprint density at radius 3 is 2.62 bits per heavy atom. The van der Waals surface area contributed by atoms with E-state index in [9.17, 15) is 4.79 Å². The molecule has 3 heteroatoms. The molecule has 0 spiro atoms. The van der Waals surface area contributed by atoms with E-state index >= 15 is 0 Å². The van der Waals surface area contributed by atoms with Crippen LogP contribution < -0.4 is 5.32 Å². The van der Waals surface area contributed by atoms with Crippen LogP contribution in [0, 0.1) is 0 Å². The van der Waals surface area contributed by atoms with Crippen molar-refractivity contribution in [3.8, 4) is 0 Å². The highest BCUT2D eigenvalue weighted by atomic mass is 16.2. The van der Waals surface area contributed by atoms with Crippen LogP contribution >= 0.6 is 0 Å². The van der Waals surface area contributed by atoms with Gasteiger partial charge in [-0.3, -0.25) is 4.79 Å².